The summed E-state index contributed by atoms with van der Waals surface area (Å²) in [6.07, 6.45) is 3.37. The lowest BCUT2D eigenvalue weighted by molar-refractivity contribution is -0.147. The number of carbonyl (C=O) groups is 1. The van der Waals surface area contributed by atoms with Gasteiger partial charge in [0.25, 0.3) is 0 Å². The fourth-order valence-electron chi connectivity index (χ4n) is 2.26. The van der Waals surface area contributed by atoms with Gasteiger partial charge in [-0.1, -0.05) is 11.6 Å². The first kappa shape index (κ1) is 13.4. The smallest absolute Gasteiger partial charge is 0.308 e. The highest BCUT2D eigenvalue weighted by Crippen LogP contribution is 2.20. The number of imidazole rings is 1. The molecule has 0 spiro atoms. The van der Waals surface area contributed by atoms with Crippen LogP contribution in [0.1, 0.15) is 18.7 Å². The van der Waals surface area contributed by atoms with E-state index in [1.165, 1.54) is 7.11 Å². The first-order chi connectivity index (χ1) is 8.61. The van der Waals surface area contributed by atoms with Crippen LogP contribution in [0.25, 0.3) is 0 Å². The molecule has 1 aromatic heterocycles. The summed E-state index contributed by atoms with van der Waals surface area (Å²) in [5.41, 5.74) is 0. The van der Waals surface area contributed by atoms with Gasteiger partial charge in [0.05, 0.1) is 25.8 Å². The first-order valence-corrected chi connectivity index (χ1v) is 6.46. The Hall–Kier alpha value is -1.07. The molecule has 1 fully saturated rings. The lowest BCUT2D eigenvalue weighted by Gasteiger charge is -2.30. The van der Waals surface area contributed by atoms with Crippen LogP contribution in [0.5, 0.6) is 0 Å². The van der Waals surface area contributed by atoms with E-state index in [1.807, 2.05) is 11.6 Å². The van der Waals surface area contributed by atoms with Gasteiger partial charge in [0.1, 0.15) is 11.0 Å². The molecule has 0 aromatic carbocycles. The third-order valence-corrected chi connectivity index (χ3v) is 3.87. The molecule has 0 amide bonds. The quantitative estimate of drug-likeness (QED) is 0.781. The first-order valence-electron chi connectivity index (χ1n) is 6.08. The van der Waals surface area contributed by atoms with E-state index in [9.17, 15) is 4.79 Å². The second kappa shape index (κ2) is 5.71. The van der Waals surface area contributed by atoms with Crippen molar-refractivity contribution in [3.8, 4) is 0 Å². The molecule has 1 aromatic rings. The van der Waals surface area contributed by atoms with Crippen LogP contribution in [0.3, 0.4) is 0 Å². The predicted octanol–water partition coefficient (Wildman–Crippen LogP) is 1.46. The van der Waals surface area contributed by atoms with Crippen molar-refractivity contribution in [3.05, 3.63) is 17.2 Å². The molecule has 0 saturated carbocycles. The lowest BCUT2D eigenvalue weighted by atomic mass is 9.97. The van der Waals surface area contributed by atoms with E-state index in [0.29, 0.717) is 5.15 Å². The Balaban J connectivity index is 1.87. The Morgan fingerprint density at radius 2 is 2.22 bits per heavy atom. The number of nitrogens with zero attached hydrogens (tertiary/aromatic N) is 3. The molecule has 0 unspecified atom stereocenters. The fraction of sp³-hybridized carbons (Fsp3) is 0.667. The number of ether oxygens (including phenoxy) is 1. The van der Waals surface area contributed by atoms with Gasteiger partial charge in [0.15, 0.2) is 0 Å². The van der Waals surface area contributed by atoms with Crippen LogP contribution in [-0.4, -0.2) is 40.6 Å². The van der Waals surface area contributed by atoms with E-state index in [-0.39, 0.29) is 11.9 Å². The van der Waals surface area contributed by atoms with Crippen molar-refractivity contribution in [2.45, 2.75) is 19.4 Å². The molecule has 0 radical (unpaired) electrons. The van der Waals surface area contributed by atoms with E-state index in [4.69, 9.17) is 16.3 Å². The maximum atomic E-state index is 11.4. The van der Waals surface area contributed by atoms with Crippen LogP contribution >= 0.6 is 11.6 Å². The SMILES string of the molecule is COC(=O)C1CCN(Cc2ncc(Cl)n2C)CC1. The fourth-order valence-corrected chi connectivity index (χ4v) is 2.41. The highest BCUT2D eigenvalue weighted by molar-refractivity contribution is 6.29. The van der Waals surface area contributed by atoms with Crippen molar-refractivity contribution in [3.63, 3.8) is 0 Å². The van der Waals surface area contributed by atoms with E-state index in [0.717, 1.165) is 38.3 Å². The number of aromatic nitrogens is 2. The zero-order valence-corrected chi connectivity index (χ0v) is 11.5. The zero-order valence-electron chi connectivity index (χ0n) is 10.7. The van der Waals surface area contributed by atoms with Gasteiger partial charge in [-0.15, -0.1) is 0 Å². The number of halogens is 1. The number of methoxy groups -OCH3 is 1. The lowest BCUT2D eigenvalue weighted by Crippen LogP contribution is -2.36. The average molecular weight is 272 g/mol. The Morgan fingerprint density at radius 1 is 1.56 bits per heavy atom. The van der Waals surface area contributed by atoms with Crippen LogP contribution in [0.15, 0.2) is 6.20 Å². The molecular formula is C12H18ClN3O2. The maximum absolute atomic E-state index is 11.4. The van der Waals surface area contributed by atoms with Crippen molar-refractivity contribution in [2.75, 3.05) is 20.2 Å². The van der Waals surface area contributed by atoms with Crippen molar-refractivity contribution in [1.29, 1.82) is 0 Å². The van der Waals surface area contributed by atoms with Crippen LogP contribution < -0.4 is 0 Å². The molecule has 2 rings (SSSR count). The van der Waals surface area contributed by atoms with Crippen molar-refractivity contribution < 1.29 is 9.53 Å². The molecule has 0 N–H and O–H groups in total. The summed E-state index contributed by atoms with van der Waals surface area (Å²) in [5.74, 6) is 0.919. The molecule has 0 atom stereocenters. The Bertz CT molecular complexity index is 425. The largest absolute Gasteiger partial charge is 0.469 e. The normalized spacial score (nSPS) is 17.9. The highest BCUT2D eigenvalue weighted by Gasteiger charge is 2.26. The van der Waals surface area contributed by atoms with Gasteiger partial charge in [-0.05, 0) is 25.9 Å². The monoisotopic (exact) mass is 271 g/mol. The highest BCUT2D eigenvalue weighted by atomic mass is 35.5. The molecular weight excluding hydrogens is 254 g/mol. The van der Waals surface area contributed by atoms with Crippen molar-refractivity contribution >= 4 is 17.6 Å². The van der Waals surface area contributed by atoms with Crippen LogP contribution in [0.4, 0.5) is 0 Å². The van der Waals surface area contributed by atoms with Crippen molar-refractivity contribution in [2.24, 2.45) is 13.0 Å². The number of likely N-dealkylation sites (tertiary alicyclic amines) is 1. The Morgan fingerprint density at radius 3 is 2.72 bits per heavy atom. The van der Waals surface area contributed by atoms with E-state index < -0.39 is 0 Å². The molecule has 18 heavy (non-hydrogen) atoms. The number of piperidine rings is 1. The molecule has 2 heterocycles. The average Bonchev–Trinajstić information content (AvgIpc) is 2.71. The molecule has 1 aliphatic heterocycles. The summed E-state index contributed by atoms with van der Waals surface area (Å²) in [6.45, 7) is 2.56. The molecule has 0 bridgehead atoms. The summed E-state index contributed by atoms with van der Waals surface area (Å²) in [4.78, 5) is 18.0. The van der Waals surface area contributed by atoms with E-state index in [1.54, 1.807) is 6.20 Å². The summed E-state index contributed by atoms with van der Waals surface area (Å²) in [6, 6.07) is 0. The second-order valence-corrected chi connectivity index (χ2v) is 5.02. The molecule has 0 aliphatic carbocycles. The topological polar surface area (TPSA) is 47.4 Å². The predicted molar refractivity (Wildman–Crippen MR) is 68.2 cm³/mol. The minimum atomic E-state index is -0.0883. The molecule has 1 aliphatic rings. The number of esters is 1. The third kappa shape index (κ3) is 2.84. The van der Waals surface area contributed by atoms with Gasteiger partial charge in [0, 0.05) is 7.05 Å². The molecule has 6 heteroatoms. The third-order valence-electron chi connectivity index (χ3n) is 3.51. The number of carbonyl (C=O) groups excluding carboxylic acids is 1. The van der Waals surface area contributed by atoms with Crippen LogP contribution in [0.2, 0.25) is 5.15 Å². The van der Waals surface area contributed by atoms with Gasteiger partial charge >= 0.3 is 5.97 Å². The summed E-state index contributed by atoms with van der Waals surface area (Å²) in [7, 11) is 3.36. The molecule has 5 nitrogen and oxygen atoms in total. The van der Waals surface area contributed by atoms with Crippen LogP contribution in [-0.2, 0) is 23.1 Å². The summed E-state index contributed by atoms with van der Waals surface area (Å²) < 4.78 is 6.66. The van der Waals surface area contributed by atoms with E-state index in [2.05, 4.69) is 9.88 Å². The minimum absolute atomic E-state index is 0.0520. The van der Waals surface area contributed by atoms with E-state index >= 15 is 0 Å². The second-order valence-electron chi connectivity index (χ2n) is 4.63. The molecule has 1 saturated heterocycles. The Kier molecular flexibility index (Phi) is 4.24. The van der Waals surface area contributed by atoms with Gasteiger partial charge in [-0.2, -0.15) is 0 Å². The van der Waals surface area contributed by atoms with Crippen LogP contribution in [0, 0.1) is 5.92 Å². The van der Waals surface area contributed by atoms with Crippen molar-refractivity contribution in [1.82, 2.24) is 14.5 Å². The maximum Gasteiger partial charge on any atom is 0.308 e. The summed E-state index contributed by atoms with van der Waals surface area (Å²) in [5, 5.41) is 0.648. The standard InChI is InChI=1S/C12H18ClN3O2/c1-15-10(13)7-14-11(15)8-16-5-3-9(4-6-16)12(17)18-2/h7,9H,3-6,8H2,1-2H3. The summed E-state index contributed by atoms with van der Waals surface area (Å²) >= 11 is 5.95. The van der Waals surface area contributed by atoms with Gasteiger partial charge < -0.3 is 9.30 Å². The van der Waals surface area contributed by atoms with Gasteiger partial charge in [-0.25, -0.2) is 4.98 Å². The number of hydrogen-bond donors (Lipinski definition) is 0. The number of rotatable bonds is 3. The minimum Gasteiger partial charge on any atom is -0.469 e. The number of hydrogen-bond acceptors (Lipinski definition) is 4. The van der Waals surface area contributed by atoms with Gasteiger partial charge in [0.2, 0.25) is 0 Å². The molecule has 100 valence electrons. The zero-order chi connectivity index (χ0) is 13.1. The van der Waals surface area contributed by atoms with Gasteiger partial charge in [-0.3, -0.25) is 9.69 Å². The Labute approximate surface area is 112 Å².